The average Bonchev–Trinajstić information content (AvgIpc) is 3.75. The standard InChI is InChI=1S/C36H42N2O4/c39-31(23-38-30(20-26-11-5-2-6-12-26)22-33(36(38)41)28-17-18-42-24-28)21-29(19-25-9-3-1-4-10-25)35(40)37-34-16-15-27-13-7-8-14-32(27)34/h1-14,28-31,33-34,39H,15-24H2,(H,37,40)/t28?,29-,30?,31+,33?,34?/m1/s1. The number of carbonyl (C=O) groups is 2. The molecule has 3 aromatic rings. The molecular weight excluding hydrogens is 524 g/mol. The number of likely N-dealkylation sites (tertiary alicyclic amines) is 1. The Morgan fingerprint density at radius 3 is 2.40 bits per heavy atom. The highest BCUT2D eigenvalue weighted by molar-refractivity contribution is 5.82. The van der Waals surface area contributed by atoms with Crippen molar-refractivity contribution in [2.45, 2.75) is 63.1 Å². The van der Waals surface area contributed by atoms with Gasteiger partial charge in [-0.05, 0) is 73.1 Å². The van der Waals surface area contributed by atoms with Gasteiger partial charge in [0.1, 0.15) is 0 Å². The van der Waals surface area contributed by atoms with Crippen molar-refractivity contribution in [1.82, 2.24) is 10.2 Å². The molecule has 1 aliphatic carbocycles. The van der Waals surface area contributed by atoms with Gasteiger partial charge in [-0.2, -0.15) is 0 Å². The van der Waals surface area contributed by atoms with Crippen molar-refractivity contribution in [2.75, 3.05) is 19.8 Å². The molecule has 0 radical (unpaired) electrons. The van der Waals surface area contributed by atoms with Crippen LogP contribution in [0.5, 0.6) is 0 Å². The number of amides is 2. The van der Waals surface area contributed by atoms with Gasteiger partial charge in [0.05, 0.1) is 18.8 Å². The van der Waals surface area contributed by atoms with E-state index in [-0.39, 0.29) is 42.3 Å². The van der Waals surface area contributed by atoms with E-state index in [0.717, 1.165) is 37.7 Å². The molecule has 6 atom stereocenters. The fourth-order valence-electron chi connectivity index (χ4n) is 7.31. The molecule has 3 aromatic carbocycles. The van der Waals surface area contributed by atoms with Crippen LogP contribution in [0.2, 0.25) is 0 Å². The van der Waals surface area contributed by atoms with E-state index in [4.69, 9.17) is 4.74 Å². The molecule has 6 rings (SSSR count). The summed E-state index contributed by atoms with van der Waals surface area (Å²) in [6, 6.07) is 28.6. The number of nitrogens with one attached hydrogen (secondary N) is 1. The third kappa shape index (κ3) is 6.61. The Kier molecular flexibility index (Phi) is 9.01. The van der Waals surface area contributed by atoms with E-state index in [0.29, 0.717) is 26.1 Å². The molecule has 0 saturated carbocycles. The second kappa shape index (κ2) is 13.2. The summed E-state index contributed by atoms with van der Waals surface area (Å²) < 4.78 is 5.64. The third-order valence-corrected chi connectivity index (χ3v) is 9.52. The third-order valence-electron chi connectivity index (χ3n) is 9.52. The molecule has 4 unspecified atom stereocenters. The van der Waals surface area contributed by atoms with E-state index in [1.165, 1.54) is 16.7 Å². The first-order valence-electron chi connectivity index (χ1n) is 15.6. The number of hydrogen-bond donors (Lipinski definition) is 2. The van der Waals surface area contributed by atoms with E-state index in [2.05, 4.69) is 29.6 Å². The monoisotopic (exact) mass is 566 g/mol. The summed E-state index contributed by atoms with van der Waals surface area (Å²) in [4.78, 5) is 29.4. The van der Waals surface area contributed by atoms with Gasteiger partial charge in [0.25, 0.3) is 0 Å². The number of fused-ring (bicyclic) bond motifs is 1. The van der Waals surface area contributed by atoms with Gasteiger partial charge in [-0.1, -0.05) is 84.9 Å². The average molecular weight is 567 g/mol. The Balaban J connectivity index is 1.17. The first kappa shape index (κ1) is 28.6. The number of rotatable bonds is 11. The van der Waals surface area contributed by atoms with Crippen LogP contribution >= 0.6 is 0 Å². The fraction of sp³-hybridized carbons (Fsp3) is 0.444. The van der Waals surface area contributed by atoms with E-state index in [1.54, 1.807) is 0 Å². The van der Waals surface area contributed by atoms with Gasteiger partial charge in [0, 0.05) is 31.0 Å². The van der Waals surface area contributed by atoms with Crippen molar-refractivity contribution in [3.8, 4) is 0 Å². The minimum Gasteiger partial charge on any atom is -0.391 e. The Labute approximate surface area is 249 Å². The van der Waals surface area contributed by atoms with Gasteiger partial charge >= 0.3 is 0 Å². The zero-order valence-corrected chi connectivity index (χ0v) is 24.2. The number of aryl methyl sites for hydroxylation is 1. The number of benzene rings is 3. The second-order valence-corrected chi connectivity index (χ2v) is 12.4. The van der Waals surface area contributed by atoms with Crippen LogP contribution in [0.15, 0.2) is 84.9 Å². The highest BCUT2D eigenvalue weighted by Crippen LogP contribution is 2.36. The first-order chi connectivity index (χ1) is 20.5. The zero-order chi connectivity index (χ0) is 28.9. The largest absolute Gasteiger partial charge is 0.391 e. The SMILES string of the molecule is O=C(NC1CCc2ccccc21)[C@H](Cc1ccccc1)C[C@H](O)CN1C(=O)C(C2CCOC2)CC1Cc1ccccc1. The number of hydrogen-bond acceptors (Lipinski definition) is 4. The van der Waals surface area contributed by atoms with Crippen LogP contribution < -0.4 is 5.32 Å². The fourth-order valence-corrected chi connectivity index (χ4v) is 7.31. The van der Waals surface area contributed by atoms with Crippen LogP contribution in [0.3, 0.4) is 0 Å². The number of aliphatic hydroxyl groups excluding tert-OH is 1. The quantitative estimate of drug-likeness (QED) is 0.346. The van der Waals surface area contributed by atoms with E-state index in [9.17, 15) is 14.7 Å². The van der Waals surface area contributed by atoms with Crippen molar-refractivity contribution < 1.29 is 19.4 Å². The number of ether oxygens (including phenoxy) is 1. The summed E-state index contributed by atoms with van der Waals surface area (Å²) in [5, 5.41) is 14.8. The molecule has 6 nitrogen and oxygen atoms in total. The van der Waals surface area contributed by atoms with Crippen molar-refractivity contribution in [3.63, 3.8) is 0 Å². The summed E-state index contributed by atoms with van der Waals surface area (Å²) in [5.41, 5.74) is 4.74. The Morgan fingerprint density at radius 1 is 0.952 bits per heavy atom. The van der Waals surface area contributed by atoms with Crippen LogP contribution in [-0.2, 0) is 33.6 Å². The molecule has 220 valence electrons. The summed E-state index contributed by atoms with van der Waals surface area (Å²) in [6.45, 7) is 1.59. The predicted molar refractivity (Wildman–Crippen MR) is 163 cm³/mol. The lowest BCUT2D eigenvalue weighted by molar-refractivity contribution is -0.135. The molecular formula is C36H42N2O4. The van der Waals surface area contributed by atoms with Crippen LogP contribution in [0.1, 0.15) is 54.0 Å². The maximum atomic E-state index is 13.8. The van der Waals surface area contributed by atoms with Gasteiger partial charge in [0.2, 0.25) is 11.8 Å². The van der Waals surface area contributed by atoms with Crippen molar-refractivity contribution in [1.29, 1.82) is 0 Å². The molecule has 2 amide bonds. The lowest BCUT2D eigenvalue weighted by atomic mass is 9.88. The van der Waals surface area contributed by atoms with Crippen LogP contribution in [0, 0.1) is 17.8 Å². The number of nitrogens with zero attached hydrogens (tertiary/aromatic N) is 1. The highest BCUT2D eigenvalue weighted by atomic mass is 16.5. The van der Waals surface area contributed by atoms with E-state index in [1.807, 2.05) is 65.6 Å². The second-order valence-electron chi connectivity index (χ2n) is 12.4. The Hall–Kier alpha value is -3.48. The van der Waals surface area contributed by atoms with Gasteiger partial charge in [0.15, 0.2) is 0 Å². The minimum atomic E-state index is -0.805. The maximum absolute atomic E-state index is 13.8. The molecule has 2 heterocycles. The van der Waals surface area contributed by atoms with Gasteiger partial charge in [-0.15, -0.1) is 0 Å². The minimum absolute atomic E-state index is 0.00563. The number of carbonyl (C=O) groups excluding carboxylic acids is 2. The van der Waals surface area contributed by atoms with Crippen LogP contribution in [-0.4, -0.2) is 53.7 Å². The lowest BCUT2D eigenvalue weighted by Gasteiger charge is -2.29. The Morgan fingerprint density at radius 2 is 1.67 bits per heavy atom. The number of aliphatic hydroxyl groups is 1. The normalized spacial score (nSPS) is 24.9. The maximum Gasteiger partial charge on any atom is 0.226 e. The molecule has 2 N–H and O–H groups in total. The zero-order valence-electron chi connectivity index (χ0n) is 24.2. The van der Waals surface area contributed by atoms with Crippen LogP contribution in [0.4, 0.5) is 0 Å². The van der Waals surface area contributed by atoms with Crippen molar-refractivity contribution in [2.24, 2.45) is 17.8 Å². The van der Waals surface area contributed by atoms with E-state index >= 15 is 0 Å². The summed E-state index contributed by atoms with van der Waals surface area (Å²) >= 11 is 0. The lowest BCUT2D eigenvalue weighted by Crippen LogP contribution is -2.43. The number of β-amino-alcohol motifs (C(OH)–C–C–N with tert-alkyl or cyclic N) is 1. The predicted octanol–water partition coefficient (Wildman–Crippen LogP) is 4.90. The van der Waals surface area contributed by atoms with Gasteiger partial charge in [-0.3, -0.25) is 9.59 Å². The molecule has 3 aliphatic rings. The molecule has 0 bridgehead atoms. The summed E-state index contributed by atoms with van der Waals surface area (Å²) in [5.74, 6) is -0.145. The Bertz CT molecular complexity index is 1340. The molecule has 2 aliphatic heterocycles. The molecule has 2 saturated heterocycles. The van der Waals surface area contributed by atoms with Gasteiger partial charge in [-0.25, -0.2) is 0 Å². The first-order valence-corrected chi connectivity index (χ1v) is 15.6. The molecule has 42 heavy (non-hydrogen) atoms. The highest BCUT2D eigenvalue weighted by Gasteiger charge is 2.45. The smallest absolute Gasteiger partial charge is 0.226 e. The van der Waals surface area contributed by atoms with Gasteiger partial charge < -0.3 is 20.1 Å². The molecule has 0 aromatic heterocycles. The molecule has 6 heteroatoms. The topological polar surface area (TPSA) is 78.9 Å². The van der Waals surface area contributed by atoms with Crippen LogP contribution in [0.25, 0.3) is 0 Å². The molecule has 2 fully saturated rings. The molecule has 0 spiro atoms. The summed E-state index contributed by atoms with van der Waals surface area (Å²) in [6.07, 6.45) is 4.34. The summed E-state index contributed by atoms with van der Waals surface area (Å²) in [7, 11) is 0. The van der Waals surface area contributed by atoms with Crippen molar-refractivity contribution >= 4 is 11.8 Å². The van der Waals surface area contributed by atoms with E-state index < -0.39 is 12.0 Å². The van der Waals surface area contributed by atoms with Crippen molar-refractivity contribution in [3.05, 3.63) is 107 Å².